The molecule has 0 fully saturated rings. The molecule has 4 rings (SSSR count). The van der Waals surface area contributed by atoms with Crippen LogP contribution >= 0.6 is 11.8 Å². The molecule has 1 heterocycles. The molecule has 1 aliphatic rings. The van der Waals surface area contributed by atoms with Crippen LogP contribution in [-0.2, 0) is 22.5 Å². The Kier molecular flexibility index (Phi) is 6.04. The lowest BCUT2D eigenvalue weighted by molar-refractivity contribution is -0.116. The summed E-state index contributed by atoms with van der Waals surface area (Å²) in [6.45, 7) is 0.418. The van der Waals surface area contributed by atoms with Crippen molar-refractivity contribution in [3.05, 3.63) is 77.9 Å². The van der Waals surface area contributed by atoms with Crippen LogP contribution < -0.4 is 10.8 Å². The summed E-state index contributed by atoms with van der Waals surface area (Å²) in [5.74, 6) is -0.0500. The molecule has 0 unspecified atom stereocenters. The van der Waals surface area contributed by atoms with Crippen LogP contribution in [0.25, 0.3) is 11.1 Å². The third kappa shape index (κ3) is 4.56. The highest BCUT2D eigenvalue weighted by Gasteiger charge is 2.29. The van der Waals surface area contributed by atoms with Crippen LogP contribution in [0, 0.1) is 0 Å². The second-order valence-corrected chi connectivity index (χ2v) is 7.89. The highest BCUT2D eigenvalue weighted by molar-refractivity contribution is 7.98. The lowest BCUT2D eigenvalue weighted by Crippen LogP contribution is -2.31. The van der Waals surface area contributed by atoms with E-state index in [1.54, 1.807) is 11.8 Å². The zero-order valence-corrected chi connectivity index (χ0v) is 17.0. The molecule has 3 aromatic rings. The van der Waals surface area contributed by atoms with Crippen molar-refractivity contribution in [3.63, 3.8) is 0 Å². The Balaban J connectivity index is 1.43. The van der Waals surface area contributed by atoms with Crippen LogP contribution in [-0.4, -0.2) is 24.3 Å². The second-order valence-electron chi connectivity index (χ2n) is 7.01. The van der Waals surface area contributed by atoms with Gasteiger partial charge in [-0.2, -0.15) is 0 Å². The summed E-state index contributed by atoms with van der Waals surface area (Å²) in [7, 11) is -0.891. The first-order chi connectivity index (χ1) is 14.1. The van der Waals surface area contributed by atoms with Gasteiger partial charge in [0.05, 0.1) is 6.61 Å². The highest BCUT2D eigenvalue weighted by atomic mass is 32.2. The number of amides is 1. The molecule has 0 radical (unpaired) electrons. The number of fused-ring (bicyclic) bond motifs is 1. The predicted molar refractivity (Wildman–Crippen MR) is 119 cm³/mol. The minimum absolute atomic E-state index is 0.0500. The fourth-order valence-electron chi connectivity index (χ4n) is 3.63. The maximum absolute atomic E-state index is 12.5. The Hall–Kier alpha value is -2.54. The van der Waals surface area contributed by atoms with Crippen molar-refractivity contribution in [2.75, 3.05) is 11.6 Å². The van der Waals surface area contributed by atoms with Gasteiger partial charge in [-0.25, -0.2) is 0 Å². The number of carbonyl (C=O) groups is 1. The maximum atomic E-state index is 12.5. The van der Waals surface area contributed by atoms with Crippen molar-refractivity contribution < 1.29 is 14.5 Å². The third-order valence-electron chi connectivity index (χ3n) is 5.10. The van der Waals surface area contributed by atoms with Crippen LogP contribution in [0.15, 0.2) is 71.6 Å². The average molecular weight is 403 g/mol. The standard InChI is InChI=1S/C23H22BNO3S/c1-29-21-10-4-7-18(14-21)17-6-3-9-20(13-17)25-22(26)12-11-16-5-2-8-19-15-28-24(27)23(16)19/h2-10,13-14,27H,11-12,15H2,1H3,(H,25,26). The van der Waals surface area contributed by atoms with E-state index in [9.17, 15) is 9.82 Å². The number of rotatable bonds is 6. The molecule has 29 heavy (non-hydrogen) atoms. The fraction of sp³-hybridized carbons (Fsp3) is 0.174. The summed E-state index contributed by atoms with van der Waals surface area (Å²) < 4.78 is 5.29. The molecule has 0 bridgehead atoms. The quantitative estimate of drug-likeness (QED) is 0.485. The van der Waals surface area contributed by atoms with E-state index < -0.39 is 7.12 Å². The van der Waals surface area contributed by atoms with E-state index in [2.05, 4.69) is 29.8 Å². The van der Waals surface area contributed by atoms with Gasteiger partial charge in [0.2, 0.25) is 5.91 Å². The minimum atomic E-state index is -0.891. The molecule has 6 heteroatoms. The smallest absolute Gasteiger partial charge is 0.423 e. The predicted octanol–water partition coefficient (Wildman–Crippen LogP) is 3.86. The lowest BCUT2D eigenvalue weighted by atomic mass is 9.75. The van der Waals surface area contributed by atoms with Gasteiger partial charge in [0.15, 0.2) is 0 Å². The summed E-state index contributed by atoms with van der Waals surface area (Å²) in [5.41, 5.74) is 5.75. The zero-order chi connectivity index (χ0) is 20.2. The number of hydrogen-bond donors (Lipinski definition) is 2. The number of aryl methyl sites for hydroxylation is 1. The van der Waals surface area contributed by atoms with E-state index in [4.69, 9.17) is 4.65 Å². The molecule has 0 saturated carbocycles. The Morgan fingerprint density at radius 1 is 1.10 bits per heavy atom. The monoisotopic (exact) mass is 403 g/mol. The summed E-state index contributed by atoms with van der Waals surface area (Å²) in [6, 6.07) is 22.1. The van der Waals surface area contributed by atoms with Crippen molar-refractivity contribution in [2.45, 2.75) is 24.3 Å². The topological polar surface area (TPSA) is 58.6 Å². The van der Waals surface area contributed by atoms with E-state index in [0.717, 1.165) is 33.4 Å². The SMILES string of the molecule is CSc1cccc(-c2cccc(NC(=O)CCc3cccc4c3B(O)OC4)c2)c1. The van der Waals surface area contributed by atoms with Gasteiger partial charge in [0.25, 0.3) is 0 Å². The number of hydrogen-bond acceptors (Lipinski definition) is 4. The molecule has 0 atom stereocenters. The molecule has 2 N–H and O–H groups in total. The van der Waals surface area contributed by atoms with Crippen LogP contribution in [0.2, 0.25) is 0 Å². The largest absolute Gasteiger partial charge is 0.492 e. The van der Waals surface area contributed by atoms with E-state index in [0.29, 0.717) is 19.4 Å². The van der Waals surface area contributed by atoms with Crippen molar-refractivity contribution in [1.82, 2.24) is 0 Å². The number of nitrogens with one attached hydrogen (secondary N) is 1. The van der Waals surface area contributed by atoms with Gasteiger partial charge in [0, 0.05) is 17.0 Å². The maximum Gasteiger partial charge on any atom is 0.492 e. The van der Waals surface area contributed by atoms with Crippen molar-refractivity contribution in [3.8, 4) is 11.1 Å². The van der Waals surface area contributed by atoms with Gasteiger partial charge in [-0.3, -0.25) is 4.79 Å². The molecule has 0 aliphatic carbocycles. The number of thioether (sulfide) groups is 1. The first kappa shape index (κ1) is 19.8. The molecular formula is C23H22BNO3S. The third-order valence-corrected chi connectivity index (χ3v) is 5.83. The summed E-state index contributed by atoms with van der Waals surface area (Å²) in [6.07, 6.45) is 2.96. The molecule has 1 amide bonds. The van der Waals surface area contributed by atoms with Gasteiger partial charge in [0.1, 0.15) is 0 Å². The molecule has 0 aromatic heterocycles. The van der Waals surface area contributed by atoms with E-state index in [1.165, 1.54) is 4.90 Å². The Morgan fingerprint density at radius 3 is 2.69 bits per heavy atom. The second kappa shape index (κ2) is 8.86. The molecule has 4 nitrogen and oxygen atoms in total. The van der Waals surface area contributed by atoms with Crippen molar-refractivity contribution >= 4 is 35.9 Å². The number of benzene rings is 3. The van der Waals surface area contributed by atoms with Crippen LogP contribution in [0.5, 0.6) is 0 Å². The lowest BCUT2D eigenvalue weighted by Gasteiger charge is -2.10. The first-order valence-corrected chi connectivity index (χ1v) is 10.8. The molecule has 0 saturated heterocycles. The molecule has 0 spiro atoms. The number of anilines is 1. The molecule has 1 aliphatic heterocycles. The van der Waals surface area contributed by atoms with Crippen LogP contribution in [0.1, 0.15) is 17.5 Å². The molecule has 3 aromatic carbocycles. The summed E-state index contributed by atoms with van der Waals surface area (Å²) in [5, 5.41) is 13.0. The Bertz CT molecular complexity index is 1040. The molecule has 146 valence electrons. The fourth-order valence-corrected chi connectivity index (χ4v) is 4.09. The Labute approximate surface area is 175 Å². The van der Waals surface area contributed by atoms with Crippen LogP contribution in [0.3, 0.4) is 0 Å². The highest BCUT2D eigenvalue weighted by Crippen LogP contribution is 2.26. The number of carbonyl (C=O) groups excluding carboxylic acids is 1. The Morgan fingerprint density at radius 2 is 1.86 bits per heavy atom. The van der Waals surface area contributed by atoms with E-state index in [-0.39, 0.29) is 5.91 Å². The minimum Gasteiger partial charge on any atom is -0.423 e. The normalized spacial score (nSPS) is 12.7. The van der Waals surface area contributed by atoms with E-state index in [1.807, 2.05) is 48.5 Å². The summed E-state index contributed by atoms with van der Waals surface area (Å²) >= 11 is 1.71. The average Bonchev–Trinajstić information content (AvgIpc) is 3.14. The van der Waals surface area contributed by atoms with Gasteiger partial charge < -0.3 is 15.0 Å². The zero-order valence-electron chi connectivity index (χ0n) is 16.2. The van der Waals surface area contributed by atoms with Gasteiger partial charge in [-0.1, -0.05) is 42.5 Å². The van der Waals surface area contributed by atoms with Crippen LogP contribution in [0.4, 0.5) is 5.69 Å². The van der Waals surface area contributed by atoms with Gasteiger partial charge in [-0.05, 0) is 64.7 Å². The van der Waals surface area contributed by atoms with Crippen molar-refractivity contribution in [2.24, 2.45) is 0 Å². The summed E-state index contributed by atoms with van der Waals surface area (Å²) in [4.78, 5) is 13.7. The van der Waals surface area contributed by atoms with Crippen molar-refractivity contribution in [1.29, 1.82) is 0 Å². The molecular weight excluding hydrogens is 381 g/mol. The van der Waals surface area contributed by atoms with Gasteiger partial charge in [-0.15, -0.1) is 11.8 Å². The van der Waals surface area contributed by atoms with Gasteiger partial charge >= 0.3 is 7.12 Å². The van der Waals surface area contributed by atoms with E-state index >= 15 is 0 Å². The first-order valence-electron chi connectivity index (χ1n) is 9.59.